The summed E-state index contributed by atoms with van der Waals surface area (Å²) in [6, 6.07) is 10.2. The fourth-order valence-electron chi connectivity index (χ4n) is 3.73. The minimum atomic E-state index is -0.258. The van der Waals surface area contributed by atoms with Crippen molar-refractivity contribution in [2.75, 3.05) is 20.3 Å². The van der Waals surface area contributed by atoms with E-state index in [1.165, 1.54) is 10.2 Å². The summed E-state index contributed by atoms with van der Waals surface area (Å²) >= 11 is 0. The fraction of sp³-hybridized carbons (Fsp3) is 0.500. The molecule has 0 N–H and O–H groups in total. The van der Waals surface area contributed by atoms with Crippen LogP contribution in [0.15, 0.2) is 39.6 Å². The van der Waals surface area contributed by atoms with Crippen LogP contribution in [0.2, 0.25) is 0 Å². The van der Waals surface area contributed by atoms with Crippen LogP contribution in [0.3, 0.4) is 0 Å². The summed E-state index contributed by atoms with van der Waals surface area (Å²) in [5.41, 5.74) is 0.987. The van der Waals surface area contributed by atoms with Gasteiger partial charge in [0, 0.05) is 32.6 Å². The first-order chi connectivity index (χ1) is 14.2. The number of hydrogen-bond donors (Lipinski definition) is 0. The van der Waals surface area contributed by atoms with Crippen molar-refractivity contribution in [3.63, 3.8) is 0 Å². The predicted molar refractivity (Wildman–Crippen MR) is 104 cm³/mol. The van der Waals surface area contributed by atoms with Crippen LogP contribution >= 0.6 is 0 Å². The smallest absolute Gasteiger partial charge is 0.346 e. The third kappa shape index (κ3) is 4.01. The lowest BCUT2D eigenvalue weighted by atomic mass is 9.92. The van der Waals surface area contributed by atoms with Crippen molar-refractivity contribution in [2.24, 2.45) is 0 Å². The average Bonchev–Trinajstić information content (AvgIpc) is 3.47. The number of methoxy groups -OCH3 is 1. The number of hydrogen-bond acceptors (Lipinski definition) is 7. The first-order valence-electron chi connectivity index (χ1n) is 9.85. The standard InChI is InChI=1S/C20H25N5O4/c1-3-24-19(18-15(9-12-28-18)14-7-5-4-6-8-14)22-25(20(24)26)13-17-21-16(23-29-17)10-11-27-2/h4-8,15,18H,3,9-13H2,1-2H3/t15-,18-/m0/s1. The molecular formula is C20H25N5O4. The van der Waals surface area contributed by atoms with E-state index in [2.05, 4.69) is 27.4 Å². The Bertz CT molecular complexity index is 994. The number of ether oxygens (including phenoxy) is 2. The van der Waals surface area contributed by atoms with Gasteiger partial charge in [0.2, 0.25) is 5.89 Å². The van der Waals surface area contributed by atoms with Crippen LogP contribution in [0.1, 0.15) is 48.5 Å². The van der Waals surface area contributed by atoms with Crippen LogP contribution in [0.4, 0.5) is 0 Å². The maximum absolute atomic E-state index is 12.9. The molecule has 0 aliphatic carbocycles. The molecule has 3 heterocycles. The number of aromatic nitrogens is 5. The zero-order valence-corrected chi connectivity index (χ0v) is 16.7. The lowest BCUT2D eigenvalue weighted by molar-refractivity contribution is 0.0933. The largest absolute Gasteiger partial charge is 0.384 e. The first kappa shape index (κ1) is 19.5. The number of nitrogens with zero attached hydrogens (tertiary/aromatic N) is 5. The minimum absolute atomic E-state index is 0.127. The SMILES string of the molecule is CCn1c([C@H]2OCC[C@H]2c2ccccc2)nn(Cc2nc(CCOC)no2)c1=O. The normalized spacial score (nSPS) is 19.1. The summed E-state index contributed by atoms with van der Waals surface area (Å²) in [6.07, 6.45) is 1.19. The molecule has 4 rings (SSSR count). The second-order valence-electron chi connectivity index (χ2n) is 6.99. The topological polar surface area (TPSA) is 97.2 Å². The number of benzene rings is 1. The van der Waals surface area contributed by atoms with E-state index in [0.29, 0.717) is 43.7 Å². The molecule has 0 spiro atoms. The third-order valence-corrected chi connectivity index (χ3v) is 5.17. The molecule has 154 valence electrons. The molecule has 0 amide bonds. The van der Waals surface area contributed by atoms with Crippen molar-refractivity contribution >= 4 is 0 Å². The predicted octanol–water partition coefficient (Wildman–Crippen LogP) is 1.93. The van der Waals surface area contributed by atoms with Crippen LogP contribution in [0.5, 0.6) is 0 Å². The Hall–Kier alpha value is -2.78. The Labute approximate surface area is 168 Å². The molecule has 0 saturated carbocycles. The summed E-state index contributed by atoms with van der Waals surface area (Å²) in [6.45, 7) is 3.72. The fourth-order valence-corrected chi connectivity index (χ4v) is 3.73. The molecule has 0 radical (unpaired) electrons. The van der Waals surface area contributed by atoms with Gasteiger partial charge in [-0.1, -0.05) is 35.5 Å². The minimum Gasteiger partial charge on any atom is -0.384 e. The van der Waals surface area contributed by atoms with E-state index in [-0.39, 0.29) is 24.3 Å². The van der Waals surface area contributed by atoms with Crippen LogP contribution < -0.4 is 5.69 Å². The van der Waals surface area contributed by atoms with Crippen molar-refractivity contribution in [2.45, 2.75) is 44.9 Å². The van der Waals surface area contributed by atoms with E-state index in [0.717, 1.165) is 6.42 Å². The number of rotatable bonds is 8. The van der Waals surface area contributed by atoms with Gasteiger partial charge in [-0.3, -0.25) is 4.57 Å². The molecule has 1 saturated heterocycles. The van der Waals surface area contributed by atoms with Gasteiger partial charge in [-0.05, 0) is 18.9 Å². The van der Waals surface area contributed by atoms with Gasteiger partial charge in [-0.25, -0.2) is 9.48 Å². The molecule has 2 atom stereocenters. The van der Waals surface area contributed by atoms with Crippen molar-refractivity contribution < 1.29 is 14.0 Å². The summed E-state index contributed by atoms with van der Waals surface area (Å²) in [7, 11) is 1.62. The summed E-state index contributed by atoms with van der Waals surface area (Å²) in [5.74, 6) is 1.70. The first-order valence-corrected chi connectivity index (χ1v) is 9.85. The van der Waals surface area contributed by atoms with Crippen molar-refractivity contribution in [3.05, 3.63) is 63.9 Å². The molecule has 3 aromatic rings. The van der Waals surface area contributed by atoms with Gasteiger partial charge in [0.1, 0.15) is 12.6 Å². The van der Waals surface area contributed by atoms with Gasteiger partial charge in [-0.15, -0.1) is 0 Å². The van der Waals surface area contributed by atoms with E-state index in [9.17, 15) is 4.79 Å². The van der Waals surface area contributed by atoms with E-state index < -0.39 is 0 Å². The molecule has 0 bridgehead atoms. The maximum Gasteiger partial charge on any atom is 0.346 e. The van der Waals surface area contributed by atoms with Crippen molar-refractivity contribution in [3.8, 4) is 0 Å². The highest BCUT2D eigenvalue weighted by atomic mass is 16.5. The maximum atomic E-state index is 12.9. The Morgan fingerprint density at radius 2 is 2.10 bits per heavy atom. The van der Waals surface area contributed by atoms with Crippen LogP contribution in [0, 0.1) is 0 Å². The average molecular weight is 399 g/mol. The molecule has 0 unspecified atom stereocenters. The summed E-state index contributed by atoms with van der Waals surface area (Å²) in [5, 5.41) is 8.51. The summed E-state index contributed by atoms with van der Waals surface area (Å²) in [4.78, 5) is 17.2. The lowest BCUT2D eigenvalue weighted by Gasteiger charge is -2.18. The second-order valence-corrected chi connectivity index (χ2v) is 6.99. The van der Waals surface area contributed by atoms with E-state index in [1.54, 1.807) is 11.7 Å². The Morgan fingerprint density at radius 3 is 2.86 bits per heavy atom. The van der Waals surface area contributed by atoms with Gasteiger partial charge in [0.25, 0.3) is 0 Å². The molecule has 2 aromatic heterocycles. The molecule has 1 aromatic carbocycles. The highest BCUT2D eigenvalue weighted by Gasteiger charge is 2.35. The quantitative estimate of drug-likeness (QED) is 0.571. The molecule has 9 nitrogen and oxygen atoms in total. The highest BCUT2D eigenvalue weighted by Crippen LogP contribution is 2.40. The summed E-state index contributed by atoms with van der Waals surface area (Å²) < 4.78 is 19.3. The molecule has 9 heteroatoms. The second kappa shape index (κ2) is 8.71. The van der Waals surface area contributed by atoms with Gasteiger partial charge < -0.3 is 14.0 Å². The van der Waals surface area contributed by atoms with Crippen LogP contribution in [-0.4, -0.2) is 44.8 Å². The Kier molecular flexibility index (Phi) is 5.86. The molecule has 29 heavy (non-hydrogen) atoms. The van der Waals surface area contributed by atoms with E-state index >= 15 is 0 Å². The van der Waals surface area contributed by atoms with Crippen LogP contribution in [-0.2, 0) is 29.0 Å². The molecule has 1 fully saturated rings. The van der Waals surface area contributed by atoms with E-state index in [4.69, 9.17) is 14.0 Å². The lowest BCUT2D eigenvalue weighted by Crippen LogP contribution is -2.26. The van der Waals surface area contributed by atoms with E-state index in [1.807, 2.05) is 25.1 Å². The zero-order chi connectivity index (χ0) is 20.2. The molecule has 1 aliphatic rings. The van der Waals surface area contributed by atoms with Crippen molar-refractivity contribution in [1.82, 2.24) is 24.5 Å². The van der Waals surface area contributed by atoms with Gasteiger partial charge in [-0.2, -0.15) is 10.1 Å². The Morgan fingerprint density at radius 1 is 1.28 bits per heavy atom. The molecular weight excluding hydrogens is 374 g/mol. The highest BCUT2D eigenvalue weighted by molar-refractivity contribution is 5.23. The van der Waals surface area contributed by atoms with Gasteiger partial charge in [0.05, 0.1) is 6.61 Å². The third-order valence-electron chi connectivity index (χ3n) is 5.17. The molecule has 1 aliphatic heterocycles. The Balaban J connectivity index is 1.60. The van der Waals surface area contributed by atoms with Gasteiger partial charge in [0.15, 0.2) is 11.6 Å². The van der Waals surface area contributed by atoms with Crippen LogP contribution in [0.25, 0.3) is 0 Å². The zero-order valence-electron chi connectivity index (χ0n) is 16.7. The van der Waals surface area contributed by atoms with Gasteiger partial charge >= 0.3 is 5.69 Å². The monoisotopic (exact) mass is 399 g/mol. The van der Waals surface area contributed by atoms with Crippen molar-refractivity contribution in [1.29, 1.82) is 0 Å².